The maximum absolute atomic E-state index is 12.3. The van der Waals surface area contributed by atoms with Gasteiger partial charge in [-0.15, -0.1) is 11.8 Å². The molecule has 0 unspecified atom stereocenters. The predicted molar refractivity (Wildman–Crippen MR) is 98.6 cm³/mol. The molecule has 0 spiro atoms. The number of amides is 2. The molecule has 146 valence electrons. The number of hydrogen-bond donors (Lipinski definition) is 1. The van der Waals surface area contributed by atoms with Gasteiger partial charge in [-0.05, 0) is 37.6 Å². The number of thioether (sulfide) groups is 2. The summed E-state index contributed by atoms with van der Waals surface area (Å²) < 4.78 is 29.6. The fourth-order valence-electron chi connectivity index (χ4n) is 3.14. The third-order valence-electron chi connectivity index (χ3n) is 4.43. The van der Waals surface area contributed by atoms with E-state index in [0.29, 0.717) is 40.9 Å². The van der Waals surface area contributed by atoms with Gasteiger partial charge < -0.3 is 15.0 Å². The standard InChI is InChI=1S/C17H18F2N2O4S2/c1-17-7-6-14(23)21(17)12(9-26-17)15(24)25-8-13(22)20-10-2-4-11(5-3-10)27-16(18)19/h2-5,12,16H,6-9H2,1H3,(H,20,22)/t12-,17+/m0/s1. The van der Waals surface area contributed by atoms with Gasteiger partial charge in [-0.3, -0.25) is 9.59 Å². The number of carbonyl (C=O) groups excluding carboxylic acids is 3. The van der Waals surface area contributed by atoms with E-state index in [1.807, 2.05) is 6.92 Å². The number of anilines is 1. The second-order valence-corrected chi connectivity index (χ2v) is 8.89. The molecule has 2 aliphatic rings. The minimum atomic E-state index is -2.51. The Bertz CT molecular complexity index is 747. The van der Waals surface area contributed by atoms with Crippen molar-refractivity contribution in [3.8, 4) is 0 Å². The number of benzene rings is 1. The Morgan fingerprint density at radius 3 is 2.78 bits per heavy atom. The molecular weight excluding hydrogens is 398 g/mol. The van der Waals surface area contributed by atoms with Gasteiger partial charge in [0.2, 0.25) is 5.91 Å². The van der Waals surface area contributed by atoms with E-state index in [1.54, 1.807) is 16.7 Å². The van der Waals surface area contributed by atoms with Gasteiger partial charge in [-0.25, -0.2) is 4.79 Å². The lowest BCUT2D eigenvalue weighted by atomic mass is 10.2. The Hall–Kier alpha value is -1.81. The minimum absolute atomic E-state index is 0.0735. The third-order valence-corrected chi connectivity index (χ3v) is 6.65. The smallest absolute Gasteiger partial charge is 0.330 e. The van der Waals surface area contributed by atoms with Crippen molar-refractivity contribution >= 4 is 47.0 Å². The first-order valence-electron chi connectivity index (χ1n) is 8.26. The summed E-state index contributed by atoms with van der Waals surface area (Å²) in [6, 6.07) is 5.24. The molecule has 0 bridgehead atoms. The zero-order valence-corrected chi connectivity index (χ0v) is 16.1. The lowest BCUT2D eigenvalue weighted by molar-refractivity contribution is -0.155. The summed E-state index contributed by atoms with van der Waals surface area (Å²) in [7, 11) is 0. The lowest BCUT2D eigenvalue weighted by Gasteiger charge is -2.29. The summed E-state index contributed by atoms with van der Waals surface area (Å²) >= 11 is 1.96. The van der Waals surface area contributed by atoms with Crippen LogP contribution in [0.1, 0.15) is 19.8 Å². The van der Waals surface area contributed by atoms with Crippen LogP contribution in [-0.2, 0) is 19.1 Å². The summed E-state index contributed by atoms with van der Waals surface area (Å²) in [4.78, 5) is 37.8. The summed E-state index contributed by atoms with van der Waals surface area (Å²) in [6.07, 6.45) is 1.11. The van der Waals surface area contributed by atoms with E-state index >= 15 is 0 Å². The van der Waals surface area contributed by atoms with Crippen LogP contribution in [0.25, 0.3) is 0 Å². The van der Waals surface area contributed by atoms with Gasteiger partial charge in [0, 0.05) is 22.8 Å². The molecule has 1 aromatic rings. The van der Waals surface area contributed by atoms with E-state index in [1.165, 1.54) is 24.3 Å². The van der Waals surface area contributed by atoms with Crippen LogP contribution in [0.15, 0.2) is 29.2 Å². The van der Waals surface area contributed by atoms with Crippen molar-refractivity contribution in [2.45, 2.75) is 41.3 Å². The maximum Gasteiger partial charge on any atom is 0.330 e. The predicted octanol–water partition coefficient (Wildman–Crippen LogP) is 2.94. The highest BCUT2D eigenvalue weighted by molar-refractivity contribution is 8.01. The molecule has 0 aromatic heterocycles. The molecule has 2 fully saturated rings. The Labute approximate surface area is 163 Å². The quantitative estimate of drug-likeness (QED) is 0.568. The van der Waals surface area contributed by atoms with E-state index in [4.69, 9.17) is 4.74 Å². The van der Waals surface area contributed by atoms with Crippen LogP contribution in [0.4, 0.5) is 14.5 Å². The van der Waals surface area contributed by atoms with Gasteiger partial charge in [0.25, 0.3) is 11.7 Å². The van der Waals surface area contributed by atoms with Crippen LogP contribution in [-0.4, -0.2) is 51.7 Å². The first kappa shape index (κ1) is 19.9. The van der Waals surface area contributed by atoms with Crippen LogP contribution < -0.4 is 5.32 Å². The van der Waals surface area contributed by atoms with Crippen LogP contribution >= 0.6 is 23.5 Å². The lowest BCUT2D eigenvalue weighted by Crippen LogP contribution is -2.47. The second-order valence-electron chi connectivity index (χ2n) is 6.32. The fourth-order valence-corrected chi connectivity index (χ4v) is 5.06. The van der Waals surface area contributed by atoms with Crippen molar-refractivity contribution < 1.29 is 27.9 Å². The molecule has 0 saturated carbocycles. The normalized spacial score (nSPS) is 24.2. The Balaban J connectivity index is 1.49. The second kappa shape index (κ2) is 8.05. The van der Waals surface area contributed by atoms with Crippen molar-refractivity contribution in [3.05, 3.63) is 24.3 Å². The molecule has 6 nitrogen and oxygen atoms in total. The van der Waals surface area contributed by atoms with E-state index < -0.39 is 30.3 Å². The number of fused-ring (bicyclic) bond motifs is 1. The van der Waals surface area contributed by atoms with Gasteiger partial charge >= 0.3 is 5.97 Å². The first-order valence-corrected chi connectivity index (χ1v) is 10.1. The van der Waals surface area contributed by atoms with Gasteiger partial charge in [0.05, 0.1) is 4.87 Å². The number of ether oxygens (including phenoxy) is 1. The van der Waals surface area contributed by atoms with Gasteiger partial charge in [-0.1, -0.05) is 11.8 Å². The SMILES string of the molecule is C[C@@]12CCC(=O)N1[C@H](C(=O)OCC(=O)Nc1ccc(SC(F)F)cc1)CS2. The van der Waals surface area contributed by atoms with E-state index in [-0.39, 0.29) is 10.8 Å². The number of alkyl halides is 2. The summed E-state index contributed by atoms with van der Waals surface area (Å²) in [6.45, 7) is 1.45. The highest BCUT2D eigenvalue weighted by Gasteiger charge is 2.53. The third kappa shape index (κ3) is 4.55. The monoisotopic (exact) mass is 416 g/mol. The van der Waals surface area contributed by atoms with Crippen LogP contribution in [0.5, 0.6) is 0 Å². The van der Waals surface area contributed by atoms with Crippen LogP contribution in [0.2, 0.25) is 0 Å². The van der Waals surface area contributed by atoms with Crippen molar-refractivity contribution in [1.82, 2.24) is 4.90 Å². The number of halogens is 2. The molecule has 0 radical (unpaired) electrons. The molecule has 2 saturated heterocycles. The molecular formula is C17H18F2N2O4S2. The van der Waals surface area contributed by atoms with Crippen LogP contribution in [0, 0.1) is 0 Å². The highest BCUT2D eigenvalue weighted by Crippen LogP contribution is 2.47. The molecule has 10 heteroatoms. The minimum Gasteiger partial charge on any atom is -0.454 e. The van der Waals surface area contributed by atoms with Crippen LogP contribution in [0.3, 0.4) is 0 Å². The molecule has 2 heterocycles. The van der Waals surface area contributed by atoms with Crippen molar-refractivity contribution in [2.75, 3.05) is 17.7 Å². The number of rotatable bonds is 6. The Morgan fingerprint density at radius 1 is 1.41 bits per heavy atom. The average molecular weight is 416 g/mol. The molecule has 1 N–H and O–H groups in total. The molecule has 2 atom stereocenters. The number of hydrogen-bond acceptors (Lipinski definition) is 6. The molecule has 1 aromatic carbocycles. The first-order chi connectivity index (χ1) is 12.8. The molecule has 3 rings (SSSR count). The van der Waals surface area contributed by atoms with Gasteiger partial charge in [0.15, 0.2) is 6.61 Å². The number of esters is 1. The topological polar surface area (TPSA) is 75.7 Å². The fraction of sp³-hybridized carbons (Fsp3) is 0.471. The van der Waals surface area contributed by atoms with E-state index in [0.717, 1.165) is 0 Å². The number of nitrogens with zero attached hydrogens (tertiary/aromatic N) is 1. The summed E-state index contributed by atoms with van der Waals surface area (Å²) in [5.41, 5.74) is 0.411. The summed E-state index contributed by atoms with van der Waals surface area (Å²) in [5, 5.41) is 2.53. The van der Waals surface area contributed by atoms with Gasteiger partial charge in [-0.2, -0.15) is 8.78 Å². The zero-order valence-electron chi connectivity index (χ0n) is 14.4. The largest absolute Gasteiger partial charge is 0.454 e. The summed E-state index contributed by atoms with van der Waals surface area (Å²) in [5.74, 6) is -3.27. The number of nitrogens with one attached hydrogen (secondary N) is 1. The Kier molecular flexibility index (Phi) is 5.95. The molecule has 2 aliphatic heterocycles. The molecule has 0 aliphatic carbocycles. The average Bonchev–Trinajstić information content (AvgIpc) is 3.10. The van der Waals surface area contributed by atoms with Crippen molar-refractivity contribution in [1.29, 1.82) is 0 Å². The highest BCUT2D eigenvalue weighted by atomic mass is 32.2. The zero-order chi connectivity index (χ0) is 19.6. The van der Waals surface area contributed by atoms with Crippen molar-refractivity contribution in [2.24, 2.45) is 0 Å². The molecule has 27 heavy (non-hydrogen) atoms. The van der Waals surface area contributed by atoms with Gasteiger partial charge in [0.1, 0.15) is 6.04 Å². The van der Waals surface area contributed by atoms with E-state index in [2.05, 4.69) is 5.32 Å². The van der Waals surface area contributed by atoms with Crippen molar-refractivity contribution in [3.63, 3.8) is 0 Å². The molecule has 2 amide bonds. The Morgan fingerprint density at radius 2 is 2.11 bits per heavy atom. The number of carbonyl (C=O) groups is 3. The van der Waals surface area contributed by atoms with E-state index in [9.17, 15) is 23.2 Å². The maximum atomic E-state index is 12.3.